The zero-order chi connectivity index (χ0) is 14.6. The Morgan fingerprint density at radius 3 is 2.45 bits per heavy atom. The first-order valence-electron chi connectivity index (χ1n) is 7.00. The highest BCUT2D eigenvalue weighted by Crippen LogP contribution is 2.25. The van der Waals surface area contributed by atoms with Gasteiger partial charge in [-0.15, -0.1) is 0 Å². The van der Waals surface area contributed by atoms with Gasteiger partial charge >= 0.3 is 0 Å². The van der Waals surface area contributed by atoms with Gasteiger partial charge in [0.15, 0.2) is 0 Å². The van der Waals surface area contributed by atoms with Crippen molar-refractivity contribution in [2.24, 2.45) is 0 Å². The lowest BCUT2D eigenvalue weighted by Crippen LogP contribution is -2.36. The van der Waals surface area contributed by atoms with Crippen LogP contribution in [-0.4, -0.2) is 44.1 Å². The molecule has 1 saturated carbocycles. The lowest BCUT2D eigenvalue weighted by Gasteiger charge is -2.19. The van der Waals surface area contributed by atoms with Gasteiger partial charge < -0.3 is 5.11 Å². The Bertz CT molecular complexity index is 524. The van der Waals surface area contributed by atoms with Crippen molar-refractivity contribution in [3.63, 3.8) is 0 Å². The van der Waals surface area contributed by atoms with Gasteiger partial charge in [0, 0.05) is 19.1 Å². The fourth-order valence-electron chi connectivity index (χ4n) is 2.22. The van der Waals surface area contributed by atoms with Crippen LogP contribution in [0.4, 0.5) is 0 Å². The molecule has 112 valence electrons. The van der Waals surface area contributed by atoms with Crippen LogP contribution in [0.2, 0.25) is 0 Å². The molecule has 1 fully saturated rings. The van der Waals surface area contributed by atoms with Gasteiger partial charge in [0.2, 0.25) is 10.0 Å². The molecule has 0 saturated heterocycles. The summed E-state index contributed by atoms with van der Waals surface area (Å²) < 4.78 is 26.8. The Balaban J connectivity index is 1.89. The highest BCUT2D eigenvalue weighted by atomic mass is 32.2. The molecular weight excluding hydrogens is 276 g/mol. The van der Waals surface area contributed by atoms with E-state index in [1.165, 1.54) is 25.0 Å². The topological polar surface area (TPSA) is 69.6 Å². The fourth-order valence-corrected chi connectivity index (χ4v) is 3.24. The number of likely N-dealkylation sites (N-methyl/N-ethyl adjacent to an activating group) is 1. The number of aliphatic hydroxyl groups excluding tert-OH is 1. The van der Waals surface area contributed by atoms with Gasteiger partial charge in [0.1, 0.15) is 0 Å². The Kier molecular flexibility index (Phi) is 5.15. The molecule has 0 atom stereocenters. The van der Waals surface area contributed by atoms with Crippen LogP contribution in [0.1, 0.15) is 25.3 Å². The molecule has 2 rings (SSSR count). The first-order valence-corrected chi connectivity index (χ1v) is 8.48. The predicted molar refractivity (Wildman–Crippen MR) is 77.8 cm³/mol. The van der Waals surface area contributed by atoms with E-state index in [-0.39, 0.29) is 11.5 Å². The number of nitrogens with zero attached hydrogens (tertiary/aromatic N) is 1. The van der Waals surface area contributed by atoms with Crippen molar-refractivity contribution < 1.29 is 13.5 Å². The van der Waals surface area contributed by atoms with Gasteiger partial charge in [-0.1, -0.05) is 19.1 Å². The largest absolute Gasteiger partial charge is 0.392 e. The molecule has 0 bridgehead atoms. The van der Waals surface area contributed by atoms with Gasteiger partial charge in [0.25, 0.3) is 0 Å². The summed E-state index contributed by atoms with van der Waals surface area (Å²) in [5.74, 6) is 0. The summed E-state index contributed by atoms with van der Waals surface area (Å²) in [4.78, 5) is 2.54. The molecule has 0 spiro atoms. The molecule has 1 aromatic carbocycles. The Hall–Kier alpha value is -0.950. The van der Waals surface area contributed by atoms with Crippen LogP contribution in [-0.2, 0) is 16.6 Å². The van der Waals surface area contributed by atoms with Crippen molar-refractivity contribution in [3.05, 3.63) is 29.8 Å². The van der Waals surface area contributed by atoms with Crippen molar-refractivity contribution in [2.75, 3.05) is 19.6 Å². The van der Waals surface area contributed by atoms with E-state index >= 15 is 0 Å². The molecule has 20 heavy (non-hydrogen) atoms. The van der Waals surface area contributed by atoms with Gasteiger partial charge in [-0.05, 0) is 37.1 Å². The summed E-state index contributed by atoms with van der Waals surface area (Å²) in [6, 6.07) is 6.93. The molecule has 0 unspecified atom stereocenters. The molecule has 1 aromatic rings. The van der Waals surface area contributed by atoms with E-state index in [1.54, 1.807) is 12.1 Å². The molecule has 0 amide bonds. The summed E-state index contributed by atoms with van der Waals surface area (Å²) in [6.45, 7) is 4.14. The number of sulfonamides is 1. The van der Waals surface area contributed by atoms with Crippen LogP contribution < -0.4 is 4.72 Å². The van der Waals surface area contributed by atoms with Crippen LogP contribution in [0.5, 0.6) is 0 Å². The average Bonchev–Trinajstić information content (AvgIpc) is 3.28. The summed E-state index contributed by atoms with van der Waals surface area (Å²) in [5, 5.41) is 8.95. The maximum absolute atomic E-state index is 12.1. The van der Waals surface area contributed by atoms with E-state index in [9.17, 15) is 8.42 Å². The minimum absolute atomic E-state index is 0.0827. The highest BCUT2D eigenvalue weighted by Gasteiger charge is 2.27. The maximum Gasteiger partial charge on any atom is 0.240 e. The first kappa shape index (κ1) is 15.4. The Labute approximate surface area is 120 Å². The number of hydrogen-bond donors (Lipinski definition) is 2. The third kappa shape index (κ3) is 4.02. The summed E-state index contributed by atoms with van der Waals surface area (Å²) in [5.41, 5.74) is 0.704. The number of hydrogen-bond acceptors (Lipinski definition) is 4. The predicted octanol–water partition coefficient (Wildman–Crippen LogP) is 0.941. The van der Waals surface area contributed by atoms with E-state index in [0.717, 1.165) is 13.1 Å². The second-order valence-electron chi connectivity index (χ2n) is 5.06. The Morgan fingerprint density at radius 1 is 1.30 bits per heavy atom. The lowest BCUT2D eigenvalue weighted by molar-refractivity contribution is 0.281. The molecule has 6 heteroatoms. The standard InChI is InChI=1S/C14H22N2O3S/c1-2-16(13-5-6-13)10-9-15-20(18,19)14-7-3-12(11-17)4-8-14/h3-4,7-8,13,15,17H,2,5-6,9-11H2,1H3. The normalized spacial score (nSPS) is 15.8. The van der Waals surface area contributed by atoms with Crippen molar-refractivity contribution in [3.8, 4) is 0 Å². The van der Waals surface area contributed by atoms with Gasteiger partial charge in [-0.3, -0.25) is 4.90 Å². The number of nitrogens with one attached hydrogen (secondary N) is 1. The fraction of sp³-hybridized carbons (Fsp3) is 0.571. The van der Waals surface area contributed by atoms with Gasteiger partial charge in [-0.25, -0.2) is 13.1 Å². The van der Waals surface area contributed by atoms with Crippen molar-refractivity contribution in [1.29, 1.82) is 0 Å². The quantitative estimate of drug-likeness (QED) is 0.749. The highest BCUT2D eigenvalue weighted by molar-refractivity contribution is 7.89. The minimum atomic E-state index is -3.45. The smallest absolute Gasteiger partial charge is 0.240 e. The van der Waals surface area contributed by atoms with Crippen molar-refractivity contribution in [2.45, 2.75) is 37.3 Å². The third-order valence-electron chi connectivity index (χ3n) is 3.58. The second-order valence-corrected chi connectivity index (χ2v) is 6.83. The lowest BCUT2D eigenvalue weighted by atomic mass is 10.2. The Morgan fingerprint density at radius 2 is 1.95 bits per heavy atom. The van der Waals surface area contributed by atoms with E-state index in [0.29, 0.717) is 18.2 Å². The monoisotopic (exact) mass is 298 g/mol. The zero-order valence-corrected chi connectivity index (χ0v) is 12.6. The van der Waals surface area contributed by atoms with E-state index in [4.69, 9.17) is 5.11 Å². The second kappa shape index (κ2) is 6.67. The molecule has 0 radical (unpaired) electrons. The molecule has 1 aliphatic carbocycles. The number of rotatable bonds is 8. The average molecular weight is 298 g/mol. The molecule has 1 aliphatic rings. The molecular formula is C14H22N2O3S. The number of benzene rings is 1. The summed E-state index contributed by atoms with van der Waals surface area (Å²) in [7, 11) is -3.45. The van der Waals surface area contributed by atoms with Crippen LogP contribution in [0.15, 0.2) is 29.2 Å². The molecule has 5 nitrogen and oxygen atoms in total. The van der Waals surface area contributed by atoms with Crippen molar-refractivity contribution >= 4 is 10.0 Å². The molecule has 0 aliphatic heterocycles. The molecule has 0 heterocycles. The van der Waals surface area contributed by atoms with Crippen LogP contribution in [0, 0.1) is 0 Å². The van der Waals surface area contributed by atoms with E-state index < -0.39 is 10.0 Å². The zero-order valence-electron chi connectivity index (χ0n) is 11.7. The van der Waals surface area contributed by atoms with Crippen LogP contribution in [0.3, 0.4) is 0 Å². The van der Waals surface area contributed by atoms with Crippen LogP contribution in [0.25, 0.3) is 0 Å². The van der Waals surface area contributed by atoms with Crippen LogP contribution >= 0.6 is 0 Å². The first-order chi connectivity index (χ1) is 9.56. The van der Waals surface area contributed by atoms with Crippen molar-refractivity contribution in [1.82, 2.24) is 9.62 Å². The number of aliphatic hydroxyl groups is 1. The van der Waals surface area contributed by atoms with E-state index in [1.807, 2.05) is 0 Å². The summed E-state index contributed by atoms with van der Waals surface area (Å²) in [6.07, 6.45) is 2.45. The van der Waals surface area contributed by atoms with E-state index in [2.05, 4.69) is 16.5 Å². The van der Waals surface area contributed by atoms with Gasteiger partial charge in [0.05, 0.1) is 11.5 Å². The minimum Gasteiger partial charge on any atom is -0.392 e. The molecule has 2 N–H and O–H groups in total. The maximum atomic E-state index is 12.1. The third-order valence-corrected chi connectivity index (χ3v) is 5.05. The molecule has 0 aromatic heterocycles. The van der Waals surface area contributed by atoms with Gasteiger partial charge in [-0.2, -0.15) is 0 Å². The summed E-state index contributed by atoms with van der Waals surface area (Å²) >= 11 is 0. The SMILES string of the molecule is CCN(CCNS(=O)(=O)c1ccc(CO)cc1)C1CC1.